The summed E-state index contributed by atoms with van der Waals surface area (Å²) in [4.78, 5) is 27.1. The molecule has 11 atom stereocenters. The summed E-state index contributed by atoms with van der Waals surface area (Å²) in [6.45, 7) is 10.3. The Hall–Kier alpha value is -2.99. The van der Waals surface area contributed by atoms with E-state index in [-0.39, 0.29) is 36.2 Å². The second-order valence-corrected chi connectivity index (χ2v) is 20.2. The number of phosphoric acid groups is 1. The molecule has 0 spiro atoms. The van der Waals surface area contributed by atoms with Crippen molar-refractivity contribution in [3.05, 3.63) is 87.5 Å². The monoisotopic (exact) mass is 829 g/mol. The number of rotatable bonds is 12. The number of carbonyl (C=O) groups is 2. The van der Waals surface area contributed by atoms with E-state index in [2.05, 4.69) is 38.2 Å². The predicted octanol–water partition coefficient (Wildman–Crippen LogP) is 7.37. The second-order valence-electron chi connectivity index (χ2n) is 18.6. The largest absolute Gasteiger partial charge is 0.530 e. The van der Waals surface area contributed by atoms with Gasteiger partial charge in [0.2, 0.25) is 0 Å². The van der Waals surface area contributed by atoms with E-state index < -0.39 is 61.2 Å². The van der Waals surface area contributed by atoms with Crippen molar-refractivity contribution in [3.63, 3.8) is 0 Å². The molecule has 318 valence electrons. The molecule has 0 radical (unpaired) electrons. The molecule has 2 aromatic carbocycles. The molecule has 9 rings (SSSR count). The van der Waals surface area contributed by atoms with Crippen molar-refractivity contribution in [2.24, 2.45) is 28.6 Å². The molecule has 3 saturated carbocycles. The number of ketones is 2. The topological polar surface area (TPSA) is 150 Å². The standard InChI is InChI=1S/C47H60NO10P/c1-6-9-43-56-42-22-37-36-12-11-33-21-35(49)14-15-45(33,4)44(36)38(50)23-46(37,5)47(42,57-43)41(52)26-55-59(53)54-25-32-18-29(10-13-40(32)58-59)39(51)24-48-34-19-30-16-27(7-2)28(8-3)17-31(30)20-34/h10,13-18,21,34,36-39,42-44,48,50-51H,6-9,11-12,19-20,22-26H2,1-5H3/t36-,37-,38-,39-,42+,43+,44+,45-,46-,47+,59?/m0/s1. The zero-order valence-corrected chi connectivity index (χ0v) is 35.9. The minimum atomic E-state index is -4.22. The minimum Gasteiger partial charge on any atom is -0.404 e. The lowest BCUT2D eigenvalue weighted by Crippen LogP contribution is -2.63. The molecule has 0 aromatic heterocycles. The first-order chi connectivity index (χ1) is 28.2. The Bertz CT molecular complexity index is 2100. The highest BCUT2D eigenvalue weighted by Crippen LogP contribution is 2.70. The lowest BCUT2D eigenvalue weighted by atomic mass is 9.46. The van der Waals surface area contributed by atoms with Crippen molar-refractivity contribution in [3.8, 4) is 5.75 Å². The average Bonchev–Trinajstić information content (AvgIpc) is 3.87. The molecular formula is C47H60NO10P. The number of nitrogens with one attached hydrogen (secondary N) is 1. The maximum Gasteiger partial charge on any atom is 0.530 e. The Morgan fingerprint density at radius 2 is 1.81 bits per heavy atom. The van der Waals surface area contributed by atoms with Crippen LogP contribution in [0.4, 0.5) is 0 Å². The minimum absolute atomic E-state index is 0.000821. The van der Waals surface area contributed by atoms with Gasteiger partial charge in [0.25, 0.3) is 0 Å². The van der Waals surface area contributed by atoms with Crippen LogP contribution in [0.15, 0.2) is 54.1 Å². The lowest BCUT2D eigenvalue weighted by molar-refractivity contribution is -0.200. The number of aliphatic hydroxyl groups excluding tert-OH is 2. The molecule has 59 heavy (non-hydrogen) atoms. The van der Waals surface area contributed by atoms with Gasteiger partial charge in [0.05, 0.1) is 24.9 Å². The third-order valence-electron chi connectivity index (χ3n) is 15.5. The molecule has 4 fully saturated rings. The molecule has 1 unspecified atom stereocenters. The molecule has 1 saturated heterocycles. The van der Waals surface area contributed by atoms with E-state index in [1.165, 1.54) is 22.3 Å². The Kier molecular flexibility index (Phi) is 10.8. The number of benzene rings is 2. The summed E-state index contributed by atoms with van der Waals surface area (Å²) < 4.78 is 44.7. The first-order valence-electron chi connectivity index (χ1n) is 22.0. The van der Waals surface area contributed by atoms with E-state index in [1.807, 2.05) is 19.9 Å². The van der Waals surface area contributed by atoms with Gasteiger partial charge >= 0.3 is 7.82 Å². The molecule has 2 heterocycles. The SMILES string of the molecule is CCC[C@@H]1O[C@@H]2C[C@H]3[C@@H]4CCC5=CC(=O)C=C[C@]5(C)[C@H]4[C@@H](O)C[C@]3(C)[C@]2(C(=O)COP2(=O)OCc3cc([C@@H](O)CNC4Cc5cc(CC)c(CC)cc5C4)ccc3O2)O1. The summed E-state index contributed by atoms with van der Waals surface area (Å²) in [6, 6.07) is 10.2. The fraction of sp³-hybridized carbons (Fsp3) is 0.617. The van der Waals surface area contributed by atoms with Crippen LogP contribution in [0.1, 0.15) is 113 Å². The van der Waals surface area contributed by atoms with Gasteiger partial charge in [-0.1, -0.05) is 70.9 Å². The van der Waals surface area contributed by atoms with E-state index in [1.54, 1.807) is 30.4 Å². The predicted molar refractivity (Wildman–Crippen MR) is 221 cm³/mol. The molecule has 0 amide bonds. The van der Waals surface area contributed by atoms with E-state index in [4.69, 9.17) is 23.0 Å². The maximum absolute atomic E-state index is 14.7. The van der Waals surface area contributed by atoms with E-state index in [0.717, 1.165) is 50.5 Å². The fourth-order valence-corrected chi connectivity index (χ4v) is 13.8. The summed E-state index contributed by atoms with van der Waals surface area (Å²) in [7, 11) is -4.22. The normalized spacial score (nSPS) is 37.4. The number of hydrogen-bond donors (Lipinski definition) is 3. The maximum atomic E-state index is 14.7. The Morgan fingerprint density at radius 1 is 1.07 bits per heavy atom. The zero-order chi connectivity index (χ0) is 41.5. The van der Waals surface area contributed by atoms with Gasteiger partial charge in [-0.15, -0.1) is 0 Å². The van der Waals surface area contributed by atoms with Crippen molar-refractivity contribution in [2.75, 3.05) is 13.2 Å². The molecular weight excluding hydrogens is 769 g/mol. The van der Waals surface area contributed by atoms with E-state index in [9.17, 15) is 24.4 Å². The van der Waals surface area contributed by atoms with Crippen LogP contribution in [0, 0.1) is 28.6 Å². The van der Waals surface area contributed by atoms with Crippen LogP contribution in [0.3, 0.4) is 0 Å². The molecule has 7 aliphatic rings. The Morgan fingerprint density at radius 3 is 2.53 bits per heavy atom. The number of carbonyl (C=O) groups excluding carboxylic acids is 2. The first kappa shape index (κ1) is 41.4. The number of fused-ring (bicyclic) bond motifs is 9. The summed E-state index contributed by atoms with van der Waals surface area (Å²) in [5, 5.41) is 26.8. The highest BCUT2D eigenvalue weighted by atomic mass is 31.2. The van der Waals surface area contributed by atoms with Gasteiger partial charge in [-0.05, 0) is 122 Å². The third kappa shape index (κ3) is 6.78. The summed E-state index contributed by atoms with van der Waals surface area (Å²) in [5.41, 5.74) is 5.31. The van der Waals surface area contributed by atoms with Crippen LogP contribution < -0.4 is 9.84 Å². The number of hydrogen-bond acceptors (Lipinski definition) is 11. The number of Topliss-reactive ketones (excluding diaryl/α,β-unsaturated/α-hetero) is 1. The highest BCUT2D eigenvalue weighted by Gasteiger charge is 2.76. The van der Waals surface area contributed by atoms with Crippen molar-refractivity contribution < 1.29 is 47.4 Å². The fourth-order valence-electron chi connectivity index (χ4n) is 12.6. The van der Waals surface area contributed by atoms with Crippen LogP contribution >= 0.6 is 7.82 Å². The van der Waals surface area contributed by atoms with Gasteiger partial charge in [0.15, 0.2) is 23.5 Å². The first-order valence-corrected chi connectivity index (χ1v) is 23.5. The van der Waals surface area contributed by atoms with Crippen molar-refractivity contribution >= 4 is 19.4 Å². The van der Waals surface area contributed by atoms with Gasteiger partial charge in [-0.2, -0.15) is 0 Å². The quantitative estimate of drug-likeness (QED) is 0.184. The van der Waals surface area contributed by atoms with Crippen LogP contribution in [0.2, 0.25) is 0 Å². The van der Waals surface area contributed by atoms with Gasteiger partial charge < -0.3 is 29.5 Å². The van der Waals surface area contributed by atoms with E-state index in [0.29, 0.717) is 42.7 Å². The second kappa shape index (κ2) is 15.4. The molecule has 2 aromatic rings. The lowest BCUT2D eigenvalue weighted by Gasteiger charge is -2.59. The smallest absolute Gasteiger partial charge is 0.404 e. The number of ether oxygens (including phenoxy) is 2. The number of allylic oxidation sites excluding steroid dienone is 4. The molecule has 11 nitrogen and oxygen atoms in total. The van der Waals surface area contributed by atoms with Crippen LogP contribution in [-0.2, 0) is 65.0 Å². The Labute approximate surface area is 347 Å². The van der Waals surface area contributed by atoms with Gasteiger partial charge in [-0.25, -0.2) is 4.57 Å². The van der Waals surface area contributed by atoms with Crippen LogP contribution in [0.25, 0.3) is 0 Å². The van der Waals surface area contributed by atoms with Gasteiger partial charge in [0, 0.05) is 34.9 Å². The number of aryl methyl sites for hydroxylation is 2. The third-order valence-corrected chi connectivity index (χ3v) is 16.8. The zero-order valence-electron chi connectivity index (χ0n) is 35.0. The molecule has 5 aliphatic carbocycles. The van der Waals surface area contributed by atoms with Crippen LogP contribution in [0.5, 0.6) is 5.75 Å². The van der Waals surface area contributed by atoms with E-state index >= 15 is 0 Å². The average molecular weight is 830 g/mol. The summed E-state index contributed by atoms with van der Waals surface area (Å²) >= 11 is 0. The van der Waals surface area contributed by atoms with Crippen LogP contribution in [-0.4, -0.2) is 65.1 Å². The van der Waals surface area contributed by atoms with Crippen molar-refractivity contribution in [2.45, 2.75) is 142 Å². The van der Waals surface area contributed by atoms with Crippen molar-refractivity contribution in [1.29, 1.82) is 0 Å². The number of aliphatic hydroxyl groups is 2. The molecule has 3 N–H and O–H groups in total. The van der Waals surface area contributed by atoms with Gasteiger partial charge in [-0.3, -0.25) is 18.6 Å². The molecule has 2 aliphatic heterocycles. The number of phosphoric ester groups is 1. The summed E-state index contributed by atoms with van der Waals surface area (Å²) in [6.07, 6.45) is 10.4. The highest BCUT2D eigenvalue weighted by molar-refractivity contribution is 7.49. The van der Waals surface area contributed by atoms with Crippen molar-refractivity contribution in [1.82, 2.24) is 5.32 Å². The summed E-state index contributed by atoms with van der Waals surface area (Å²) in [5.74, 6) is -0.157. The van der Waals surface area contributed by atoms with Gasteiger partial charge in [0.1, 0.15) is 12.4 Å². The Balaban J connectivity index is 0.866. The molecule has 12 heteroatoms. The molecule has 0 bridgehead atoms.